The van der Waals surface area contributed by atoms with Crippen LogP contribution in [-0.4, -0.2) is 46.5 Å². The van der Waals surface area contributed by atoms with Gasteiger partial charge in [-0.3, -0.25) is 14.6 Å². The molecule has 1 aromatic carbocycles. The maximum absolute atomic E-state index is 13.0. The molecule has 158 valence electrons. The van der Waals surface area contributed by atoms with Gasteiger partial charge < -0.3 is 15.0 Å². The number of amides is 2. The van der Waals surface area contributed by atoms with Crippen molar-refractivity contribution >= 4 is 17.5 Å². The minimum Gasteiger partial charge on any atom is -0.362 e. The van der Waals surface area contributed by atoms with Gasteiger partial charge >= 0.3 is 0 Å². The maximum atomic E-state index is 13.0. The Morgan fingerprint density at radius 2 is 1.97 bits per heavy atom. The van der Waals surface area contributed by atoms with Crippen LogP contribution in [0.4, 0.5) is 5.69 Å². The Bertz CT molecular complexity index is 926. The number of anilines is 1. The predicted molar refractivity (Wildman–Crippen MR) is 115 cm³/mol. The number of pyridine rings is 1. The van der Waals surface area contributed by atoms with E-state index in [0.29, 0.717) is 25.2 Å². The molecule has 2 saturated heterocycles. The first-order valence-corrected chi connectivity index (χ1v) is 10.6. The van der Waals surface area contributed by atoms with Crippen LogP contribution < -0.4 is 5.32 Å². The first kappa shape index (κ1) is 20.5. The van der Waals surface area contributed by atoms with Crippen molar-refractivity contribution in [3.8, 4) is 0 Å². The molecule has 3 heterocycles. The number of aromatic nitrogens is 1. The molecule has 2 fully saturated rings. The van der Waals surface area contributed by atoms with E-state index in [1.54, 1.807) is 18.5 Å². The first-order valence-electron chi connectivity index (χ1n) is 10.6. The fourth-order valence-corrected chi connectivity index (χ4v) is 4.79. The zero-order chi connectivity index (χ0) is 21.3. The number of hydrogen-bond acceptors (Lipinski definition) is 4. The van der Waals surface area contributed by atoms with Crippen molar-refractivity contribution < 1.29 is 14.3 Å². The molecule has 2 aromatic rings. The van der Waals surface area contributed by atoms with E-state index in [1.165, 1.54) is 0 Å². The van der Waals surface area contributed by atoms with Crippen molar-refractivity contribution in [2.75, 3.05) is 18.4 Å². The topological polar surface area (TPSA) is 71.5 Å². The highest BCUT2D eigenvalue weighted by atomic mass is 16.5. The van der Waals surface area contributed by atoms with Crippen LogP contribution in [0.2, 0.25) is 0 Å². The molecule has 6 nitrogen and oxygen atoms in total. The summed E-state index contributed by atoms with van der Waals surface area (Å²) < 4.78 is 6.34. The predicted octanol–water partition coefficient (Wildman–Crippen LogP) is 3.74. The number of benzene rings is 1. The van der Waals surface area contributed by atoms with E-state index in [-0.39, 0.29) is 23.3 Å². The van der Waals surface area contributed by atoms with Crippen molar-refractivity contribution in [3.05, 3.63) is 59.4 Å². The number of likely N-dealkylation sites (tertiary alicyclic amines) is 1. The van der Waals surface area contributed by atoms with Crippen molar-refractivity contribution in [1.82, 2.24) is 9.88 Å². The number of nitrogens with one attached hydrogen (secondary N) is 1. The Kier molecular flexibility index (Phi) is 5.60. The standard InChI is InChI=1S/C24H29N3O3/c1-16-11-17(2)13-19(12-16)23(29)27-10-8-24(18(3)15-27)7-6-21(30-24)22(28)26-20-5-4-9-25-14-20/h4-5,9,11-14,18,21H,6-8,10,15H2,1-3H3,(H,26,28)/t18-,21-,24+/m0/s1. The number of aryl methyl sites for hydroxylation is 2. The Hall–Kier alpha value is -2.73. The summed E-state index contributed by atoms with van der Waals surface area (Å²) in [5, 5.41) is 2.89. The molecule has 2 aliphatic rings. The van der Waals surface area contributed by atoms with Gasteiger partial charge in [-0.1, -0.05) is 24.1 Å². The second kappa shape index (κ2) is 8.19. The number of carbonyl (C=O) groups excluding carboxylic acids is 2. The van der Waals surface area contributed by atoms with E-state index in [9.17, 15) is 9.59 Å². The van der Waals surface area contributed by atoms with Gasteiger partial charge in [0, 0.05) is 30.8 Å². The molecule has 0 unspecified atom stereocenters. The monoisotopic (exact) mass is 407 g/mol. The van der Waals surface area contributed by atoms with Gasteiger partial charge in [-0.2, -0.15) is 0 Å². The second-order valence-corrected chi connectivity index (χ2v) is 8.72. The van der Waals surface area contributed by atoms with E-state index in [1.807, 2.05) is 36.9 Å². The lowest BCUT2D eigenvalue weighted by Gasteiger charge is -2.44. The van der Waals surface area contributed by atoms with Crippen LogP contribution in [0.25, 0.3) is 0 Å². The molecule has 0 saturated carbocycles. The van der Waals surface area contributed by atoms with Crippen LogP contribution in [0.5, 0.6) is 0 Å². The fraction of sp³-hybridized carbons (Fsp3) is 0.458. The summed E-state index contributed by atoms with van der Waals surface area (Å²) in [4.78, 5) is 31.6. The maximum Gasteiger partial charge on any atom is 0.253 e. The lowest BCUT2D eigenvalue weighted by molar-refractivity contribution is -0.141. The Labute approximate surface area is 177 Å². The third-order valence-corrected chi connectivity index (χ3v) is 6.38. The molecule has 0 aliphatic carbocycles. The minimum absolute atomic E-state index is 0.0763. The number of ether oxygens (including phenoxy) is 1. The van der Waals surface area contributed by atoms with Crippen molar-refractivity contribution in [3.63, 3.8) is 0 Å². The van der Waals surface area contributed by atoms with E-state index in [2.05, 4.69) is 23.3 Å². The smallest absolute Gasteiger partial charge is 0.253 e. The average molecular weight is 408 g/mol. The van der Waals surface area contributed by atoms with E-state index < -0.39 is 6.10 Å². The Balaban J connectivity index is 1.39. The zero-order valence-electron chi connectivity index (χ0n) is 17.9. The van der Waals surface area contributed by atoms with Crippen LogP contribution in [0.1, 0.15) is 47.7 Å². The minimum atomic E-state index is -0.464. The van der Waals surface area contributed by atoms with Gasteiger partial charge in [0.1, 0.15) is 6.10 Å². The lowest BCUT2D eigenvalue weighted by Crippen LogP contribution is -2.52. The highest BCUT2D eigenvalue weighted by Gasteiger charge is 2.49. The van der Waals surface area contributed by atoms with E-state index >= 15 is 0 Å². The summed E-state index contributed by atoms with van der Waals surface area (Å²) in [7, 11) is 0. The van der Waals surface area contributed by atoms with Crippen LogP contribution in [-0.2, 0) is 9.53 Å². The molecular weight excluding hydrogens is 378 g/mol. The van der Waals surface area contributed by atoms with Crippen molar-refractivity contribution in [2.24, 2.45) is 5.92 Å². The van der Waals surface area contributed by atoms with Gasteiger partial charge in [-0.25, -0.2) is 0 Å². The molecular formula is C24H29N3O3. The molecule has 0 bridgehead atoms. The van der Waals surface area contributed by atoms with Crippen molar-refractivity contribution in [2.45, 2.75) is 51.7 Å². The van der Waals surface area contributed by atoms with Crippen LogP contribution in [0.3, 0.4) is 0 Å². The molecule has 1 aromatic heterocycles. The van der Waals surface area contributed by atoms with E-state index in [0.717, 1.165) is 29.5 Å². The number of rotatable bonds is 3. The van der Waals surface area contributed by atoms with Gasteiger partial charge in [-0.05, 0) is 57.4 Å². The molecule has 3 atom stereocenters. The quantitative estimate of drug-likeness (QED) is 0.841. The van der Waals surface area contributed by atoms with Gasteiger partial charge in [0.25, 0.3) is 11.8 Å². The molecule has 6 heteroatoms. The van der Waals surface area contributed by atoms with Gasteiger partial charge in [0.2, 0.25) is 0 Å². The molecule has 1 N–H and O–H groups in total. The fourth-order valence-electron chi connectivity index (χ4n) is 4.79. The molecule has 30 heavy (non-hydrogen) atoms. The van der Waals surface area contributed by atoms with Crippen molar-refractivity contribution in [1.29, 1.82) is 0 Å². The van der Waals surface area contributed by atoms with Gasteiger partial charge in [-0.15, -0.1) is 0 Å². The summed E-state index contributed by atoms with van der Waals surface area (Å²) >= 11 is 0. The number of piperidine rings is 1. The van der Waals surface area contributed by atoms with Crippen LogP contribution in [0.15, 0.2) is 42.7 Å². The molecule has 1 spiro atoms. The van der Waals surface area contributed by atoms with Crippen LogP contribution in [0, 0.1) is 19.8 Å². The summed E-state index contributed by atoms with van der Waals surface area (Å²) in [6.45, 7) is 7.44. The van der Waals surface area contributed by atoms with Gasteiger partial charge in [0.05, 0.1) is 17.5 Å². The normalized spacial score (nSPS) is 26.0. The molecule has 2 aliphatic heterocycles. The molecule has 0 radical (unpaired) electrons. The molecule has 2 amide bonds. The number of nitrogens with zero attached hydrogens (tertiary/aromatic N) is 2. The van der Waals surface area contributed by atoms with E-state index in [4.69, 9.17) is 4.74 Å². The van der Waals surface area contributed by atoms with Gasteiger partial charge in [0.15, 0.2) is 0 Å². The summed E-state index contributed by atoms with van der Waals surface area (Å²) in [6.07, 6.45) is 5.12. The average Bonchev–Trinajstić information content (AvgIpc) is 3.15. The highest BCUT2D eigenvalue weighted by Crippen LogP contribution is 2.42. The summed E-state index contributed by atoms with van der Waals surface area (Å²) in [6, 6.07) is 9.59. The third kappa shape index (κ3) is 4.10. The summed E-state index contributed by atoms with van der Waals surface area (Å²) in [5.74, 6) is 0.116. The highest BCUT2D eigenvalue weighted by molar-refractivity contribution is 5.95. The Morgan fingerprint density at radius 1 is 1.20 bits per heavy atom. The first-order chi connectivity index (χ1) is 14.4. The number of hydrogen-bond donors (Lipinski definition) is 1. The lowest BCUT2D eigenvalue weighted by atomic mass is 9.80. The largest absolute Gasteiger partial charge is 0.362 e. The number of carbonyl (C=O) groups is 2. The third-order valence-electron chi connectivity index (χ3n) is 6.38. The molecule has 4 rings (SSSR count). The zero-order valence-corrected chi connectivity index (χ0v) is 17.9. The SMILES string of the molecule is Cc1cc(C)cc(C(=O)N2CC[C@]3(CC[C@@H](C(=O)Nc4cccnc4)O3)[C@@H](C)C2)c1. The summed E-state index contributed by atoms with van der Waals surface area (Å²) in [5.41, 5.74) is 3.28. The second-order valence-electron chi connectivity index (χ2n) is 8.72. The Morgan fingerprint density at radius 3 is 2.63 bits per heavy atom. The van der Waals surface area contributed by atoms with Crippen LogP contribution >= 0.6 is 0 Å².